The predicted molar refractivity (Wildman–Crippen MR) is 123 cm³/mol. The molecule has 31 heavy (non-hydrogen) atoms. The molecule has 0 fully saturated rings. The zero-order chi connectivity index (χ0) is 21.0. The van der Waals surface area contributed by atoms with E-state index < -0.39 is 0 Å². The Hall–Kier alpha value is -2.94. The van der Waals surface area contributed by atoms with E-state index in [4.69, 9.17) is 21.0 Å². The fourth-order valence-corrected chi connectivity index (χ4v) is 4.93. The highest BCUT2D eigenvalue weighted by Crippen LogP contribution is 2.30. The maximum atomic E-state index is 5.99. The standard InChI is InChI=1S/C22H16ClN5OS2/c23-17-7-5-15(6-8-17)21-25-18(13-30-21)14-31-22-27-26-20(16-3-1-9-24-11-16)28(22)12-19-4-2-10-29-19/h1-11,13H,12,14H2. The molecule has 0 bridgehead atoms. The van der Waals surface area contributed by atoms with Gasteiger partial charge in [0.2, 0.25) is 0 Å². The smallest absolute Gasteiger partial charge is 0.192 e. The number of pyridine rings is 1. The fourth-order valence-electron chi connectivity index (χ4n) is 3.04. The van der Waals surface area contributed by atoms with E-state index in [-0.39, 0.29) is 0 Å². The van der Waals surface area contributed by atoms with Crippen LogP contribution in [-0.2, 0) is 12.3 Å². The Kier molecular flexibility index (Phi) is 5.84. The summed E-state index contributed by atoms with van der Waals surface area (Å²) in [5.74, 6) is 2.28. The Bertz CT molecular complexity index is 1270. The van der Waals surface area contributed by atoms with Gasteiger partial charge in [-0.25, -0.2) is 4.98 Å². The highest BCUT2D eigenvalue weighted by molar-refractivity contribution is 7.98. The second-order valence-corrected chi connectivity index (χ2v) is 8.89. The summed E-state index contributed by atoms with van der Waals surface area (Å²) in [5, 5.41) is 13.4. The van der Waals surface area contributed by atoms with Gasteiger partial charge in [-0.15, -0.1) is 21.5 Å². The molecule has 4 aromatic heterocycles. The predicted octanol–water partition coefficient (Wildman–Crippen LogP) is 6.05. The summed E-state index contributed by atoms with van der Waals surface area (Å²) in [6, 6.07) is 15.4. The number of benzene rings is 1. The van der Waals surface area contributed by atoms with Gasteiger partial charge in [-0.3, -0.25) is 9.55 Å². The lowest BCUT2D eigenvalue weighted by Crippen LogP contribution is -2.03. The summed E-state index contributed by atoms with van der Waals surface area (Å²) < 4.78 is 7.60. The molecule has 0 saturated heterocycles. The van der Waals surface area contributed by atoms with E-state index in [1.807, 2.05) is 53.1 Å². The molecular formula is C22H16ClN5OS2. The minimum absolute atomic E-state index is 0.541. The topological polar surface area (TPSA) is 69.6 Å². The molecule has 4 heterocycles. The van der Waals surface area contributed by atoms with Crippen molar-refractivity contribution in [3.63, 3.8) is 0 Å². The Morgan fingerprint density at radius 3 is 2.71 bits per heavy atom. The summed E-state index contributed by atoms with van der Waals surface area (Å²) in [6.45, 7) is 0.541. The number of aromatic nitrogens is 5. The second kappa shape index (κ2) is 9.05. The summed E-state index contributed by atoms with van der Waals surface area (Å²) >= 11 is 9.21. The van der Waals surface area contributed by atoms with Crippen molar-refractivity contribution in [2.75, 3.05) is 0 Å². The lowest BCUT2D eigenvalue weighted by Gasteiger charge is -2.08. The van der Waals surface area contributed by atoms with Gasteiger partial charge in [0.05, 0.1) is 18.5 Å². The van der Waals surface area contributed by atoms with Gasteiger partial charge in [0.25, 0.3) is 0 Å². The molecule has 0 aliphatic carbocycles. The number of rotatable bonds is 7. The van der Waals surface area contributed by atoms with Crippen molar-refractivity contribution in [2.24, 2.45) is 0 Å². The highest BCUT2D eigenvalue weighted by Gasteiger charge is 2.17. The Labute approximate surface area is 192 Å². The first-order valence-corrected chi connectivity index (χ1v) is 11.7. The molecule has 0 saturated carbocycles. The second-order valence-electron chi connectivity index (χ2n) is 6.65. The quantitative estimate of drug-likeness (QED) is 0.272. The zero-order valence-corrected chi connectivity index (χ0v) is 18.6. The molecule has 0 atom stereocenters. The SMILES string of the molecule is Clc1ccc(-c2nc(CSc3nnc(-c4cccnc4)n3Cc3ccco3)cs2)cc1. The van der Waals surface area contributed by atoms with Gasteiger partial charge in [-0.2, -0.15) is 0 Å². The normalized spacial score (nSPS) is 11.1. The van der Waals surface area contributed by atoms with Crippen molar-refractivity contribution < 1.29 is 4.42 Å². The van der Waals surface area contributed by atoms with E-state index in [9.17, 15) is 0 Å². The van der Waals surface area contributed by atoms with Crippen LogP contribution in [0.5, 0.6) is 0 Å². The van der Waals surface area contributed by atoms with Crippen molar-refractivity contribution in [1.82, 2.24) is 24.7 Å². The summed E-state index contributed by atoms with van der Waals surface area (Å²) in [5.41, 5.74) is 2.97. The fraction of sp³-hybridized carbons (Fsp3) is 0.0909. The first-order valence-electron chi connectivity index (χ1n) is 9.45. The molecule has 0 aliphatic rings. The van der Waals surface area contributed by atoms with Crippen molar-refractivity contribution >= 4 is 34.7 Å². The first kappa shape index (κ1) is 20.0. The molecule has 6 nitrogen and oxygen atoms in total. The van der Waals surface area contributed by atoms with Crippen LogP contribution in [0.4, 0.5) is 0 Å². The van der Waals surface area contributed by atoms with Crippen LogP contribution in [0.3, 0.4) is 0 Å². The number of nitrogens with zero attached hydrogens (tertiary/aromatic N) is 5. The Morgan fingerprint density at radius 1 is 1.03 bits per heavy atom. The van der Waals surface area contributed by atoms with Crippen molar-refractivity contribution in [3.8, 4) is 22.0 Å². The van der Waals surface area contributed by atoms with Crippen LogP contribution in [0.1, 0.15) is 11.5 Å². The molecule has 0 unspecified atom stereocenters. The van der Waals surface area contributed by atoms with Gasteiger partial charge in [0, 0.05) is 39.7 Å². The summed E-state index contributed by atoms with van der Waals surface area (Å²) in [7, 11) is 0. The third kappa shape index (κ3) is 4.56. The van der Waals surface area contributed by atoms with Gasteiger partial charge in [-0.1, -0.05) is 35.5 Å². The number of hydrogen-bond donors (Lipinski definition) is 0. The summed E-state index contributed by atoms with van der Waals surface area (Å²) in [4.78, 5) is 8.97. The van der Waals surface area contributed by atoms with E-state index in [0.29, 0.717) is 12.3 Å². The van der Waals surface area contributed by atoms with E-state index in [2.05, 4.69) is 20.6 Å². The molecule has 0 radical (unpaired) electrons. The number of thiazole rings is 1. The maximum Gasteiger partial charge on any atom is 0.192 e. The maximum absolute atomic E-state index is 5.99. The van der Waals surface area contributed by atoms with Crippen LogP contribution >= 0.6 is 34.7 Å². The van der Waals surface area contributed by atoms with Gasteiger partial charge >= 0.3 is 0 Å². The number of furan rings is 1. The molecule has 0 amide bonds. The average molecular weight is 466 g/mol. The van der Waals surface area contributed by atoms with Gasteiger partial charge < -0.3 is 4.42 Å². The molecule has 154 valence electrons. The van der Waals surface area contributed by atoms with Crippen LogP contribution in [0.15, 0.2) is 82.1 Å². The van der Waals surface area contributed by atoms with Gasteiger partial charge in [-0.05, 0) is 36.4 Å². The third-order valence-electron chi connectivity index (χ3n) is 4.52. The third-order valence-corrected chi connectivity index (χ3v) is 6.72. The summed E-state index contributed by atoms with van der Waals surface area (Å²) in [6.07, 6.45) is 5.20. The molecule has 9 heteroatoms. The van der Waals surface area contributed by atoms with Crippen LogP contribution in [0.2, 0.25) is 5.02 Å². The van der Waals surface area contributed by atoms with Crippen molar-refractivity contribution in [1.29, 1.82) is 0 Å². The minimum Gasteiger partial charge on any atom is -0.467 e. The molecular weight excluding hydrogens is 450 g/mol. The Balaban J connectivity index is 1.38. The van der Waals surface area contributed by atoms with Crippen LogP contribution in [0, 0.1) is 0 Å². The van der Waals surface area contributed by atoms with Crippen LogP contribution in [-0.4, -0.2) is 24.7 Å². The Morgan fingerprint density at radius 2 is 1.94 bits per heavy atom. The first-order chi connectivity index (χ1) is 15.3. The molecule has 0 aliphatic heterocycles. The molecule has 0 N–H and O–H groups in total. The lowest BCUT2D eigenvalue weighted by molar-refractivity contribution is 0.485. The van der Waals surface area contributed by atoms with Crippen LogP contribution < -0.4 is 0 Å². The van der Waals surface area contributed by atoms with Crippen molar-refractivity contribution in [2.45, 2.75) is 17.5 Å². The van der Waals surface area contributed by atoms with Crippen LogP contribution in [0.25, 0.3) is 22.0 Å². The van der Waals surface area contributed by atoms with Gasteiger partial charge in [0.1, 0.15) is 10.8 Å². The molecule has 5 rings (SSSR count). The van der Waals surface area contributed by atoms with E-state index >= 15 is 0 Å². The minimum atomic E-state index is 0.541. The zero-order valence-electron chi connectivity index (χ0n) is 16.2. The molecule has 5 aromatic rings. The molecule has 0 spiro atoms. The number of halogens is 1. The number of hydrogen-bond acceptors (Lipinski definition) is 7. The largest absolute Gasteiger partial charge is 0.467 e. The lowest BCUT2D eigenvalue weighted by atomic mass is 10.2. The number of thioether (sulfide) groups is 1. The molecule has 1 aromatic carbocycles. The van der Waals surface area contributed by atoms with Gasteiger partial charge in [0.15, 0.2) is 11.0 Å². The van der Waals surface area contributed by atoms with E-state index in [0.717, 1.165) is 43.6 Å². The van der Waals surface area contributed by atoms with E-state index in [1.165, 1.54) is 0 Å². The van der Waals surface area contributed by atoms with Crippen molar-refractivity contribution in [3.05, 3.63) is 89.0 Å². The highest BCUT2D eigenvalue weighted by atomic mass is 35.5. The van der Waals surface area contributed by atoms with E-state index in [1.54, 1.807) is 41.8 Å². The monoisotopic (exact) mass is 465 g/mol. The average Bonchev–Trinajstić information content (AvgIpc) is 3.56.